The van der Waals surface area contributed by atoms with Crippen LogP contribution >= 0.6 is 23.2 Å². The van der Waals surface area contributed by atoms with E-state index in [1.165, 1.54) is 13.0 Å². The Balaban J connectivity index is 1.75. The molecule has 220 valence electrons. The maximum atomic E-state index is 14.5. The van der Waals surface area contributed by atoms with Gasteiger partial charge in [-0.1, -0.05) is 23.2 Å². The smallest absolute Gasteiger partial charge is 0.404 e. The summed E-state index contributed by atoms with van der Waals surface area (Å²) in [5.74, 6) is -3.05. The summed E-state index contributed by atoms with van der Waals surface area (Å²) in [7, 11) is 0. The Labute approximate surface area is 240 Å². The molecule has 16 heteroatoms. The van der Waals surface area contributed by atoms with Gasteiger partial charge in [-0.3, -0.25) is 9.83 Å². The van der Waals surface area contributed by atoms with Gasteiger partial charge in [0.05, 0.1) is 28.7 Å². The minimum absolute atomic E-state index is 0.0300. The molecule has 0 radical (unpaired) electrons. The predicted molar refractivity (Wildman–Crippen MR) is 144 cm³/mol. The van der Waals surface area contributed by atoms with E-state index in [1.54, 1.807) is 0 Å². The quantitative estimate of drug-likeness (QED) is 0.171. The number of fused-ring (bicyclic) bond motifs is 1. The first-order valence-electron chi connectivity index (χ1n) is 11.9. The molecular weight excluding hydrogens is 598 g/mol. The second kappa shape index (κ2) is 12.4. The molecule has 2 saturated heterocycles. The van der Waals surface area contributed by atoms with Crippen LogP contribution < -0.4 is 16.9 Å². The number of aliphatic hydroxyl groups excluding tert-OH is 1. The number of hydroxylamine groups is 1. The number of alkyl halides is 3. The van der Waals surface area contributed by atoms with Crippen molar-refractivity contribution < 1.29 is 36.6 Å². The second-order valence-electron chi connectivity index (χ2n) is 9.01. The normalized spacial score (nSPS) is 26.1. The topological polar surface area (TPSA) is 140 Å². The summed E-state index contributed by atoms with van der Waals surface area (Å²) in [5.41, 5.74) is 12.0. The number of aliphatic hydroxyl groups is 1. The lowest BCUT2D eigenvalue weighted by atomic mass is 9.92. The van der Waals surface area contributed by atoms with Crippen LogP contribution in [0.4, 0.5) is 27.6 Å². The van der Waals surface area contributed by atoms with Crippen LogP contribution in [0, 0.1) is 11.6 Å². The molecule has 0 spiro atoms. The molecule has 6 N–H and O–H groups in total. The summed E-state index contributed by atoms with van der Waals surface area (Å²) < 4.78 is 75.6. The maximum Gasteiger partial charge on any atom is 0.418 e. The monoisotopic (exact) mass is 620 g/mol. The van der Waals surface area contributed by atoms with E-state index in [1.807, 2.05) is 0 Å². The Hall–Kier alpha value is -3.14. The molecule has 2 aliphatic rings. The maximum absolute atomic E-state index is 14.5. The lowest BCUT2D eigenvalue weighted by Crippen LogP contribution is -2.58. The summed E-state index contributed by atoms with van der Waals surface area (Å²) in [6, 6.07) is 3.96. The van der Waals surface area contributed by atoms with Crippen LogP contribution in [-0.4, -0.2) is 60.0 Å². The number of hydrogen-bond donors (Lipinski definition) is 4. The van der Waals surface area contributed by atoms with Gasteiger partial charge in [0.1, 0.15) is 30.5 Å². The SMILES string of the molecule is CC(N)=NC(=Nc1cc(Cl)ccc1C(F)(F)F)C1OC2CNOC2C(N=C/C(=C\N)c2ccc(Cl)c(F)c2F)C1O. The highest BCUT2D eigenvalue weighted by molar-refractivity contribution is 6.31. The first-order valence-corrected chi connectivity index (χ1v) is 12.6. The molecule has 2 aliphatic heterocycles. The average Bonchev–Trinajstić information content (AvgIpc) is 3.36. The van der Waals surface area contributed by atoms with Crippen molar-refractivity contribution in [3.63, 3.8) is 0 Å². The van der Waals surface area contributed by atoms with Gasteiger partial charge >= 0.3 is 6.18 Å². The summed E-state index contributed by atoms with van der Waals surface area (Å²) in [5, 5.41) is 10.9. The molecule has 41 heavy (non-hydrogen) atoms. The number of aliphatic imine (C=N–C) groups is 3. The summed E-state index contributed by atoms with van der Waals surface area (Å²) in [6.45, 7) is 1.48. The van der Waals surface area contributed by atoms with Gasteiger partial charge < -0.3 is 21.3 Å². The zero-order chi connectivity index (χ0) is 30.1. The highest BCUT2D eigenvalue weighted by atomic mass is 35.5. The fourth-order valence-electron chi connectivity index (χ4n) is 4.27. The first kappa shape index (κ1) is 30.8. The van der Waals surface area contributed by atoms with E-state index in [-0.39, 0.29) is 28.5 Å². The minimum Gasteiger partial charge on any atom is -0.404 e. The molecule has 2 aromatic rings. The third-order valence-corrected chi connectivity index (χ3v) is 6.67. The van der Waals surface area contributed by atoms with Crippen LogP contribution in [0.15, 0.2) is 51.5 Å². The van der Waals surface area contributed by atoms with Gasteiger partial charge in [-0.25, -0.2) is 18.8 Å². The third-order valence-electron chi connectivity index (χ3n) is 6.15. The van der Waals surface area contributed by atoms with Gasteiger partial charge in [-0.15, -0.1) is 0 Å². The van der Waals surface area contributed by atoms with Crippen molar-refractivity contribution in [2.45, 2.75) is 43.6 Å². The molecular formula is C25H23Cl2F5N6O3. The molecule has 5 atom stereocenters. The molecule has 0 aromatic heterocycles. The fourth-order valence-corrected chi connectivity index (χ4v) is 4.59. The fraction of sp³-hybridized carbons (Fsp3) is 0.320. The van der Waals surface area contributed by atoms with Gasteiger partial charge in [-0.05, 0) is 37.3 Å². The molecule has 2 aromatic carbocycles. The number of halogens is 7. The molecule has 2 fully saturated rings. The number of nitrogens with one attached hydrogen (secondary N) is 1. The number of hydrogen-bond acceptors (Lipinski definition) is 7. The largest absolute Gasteiger partial charge is 0.418 e. The van der Waals surface area contributed by atoms with Gasteiger partial charge in [-0.2, -0.15) is 18.7 Å². The molecule has 0 saturated carbocycles. The van der Waals surface area contributed by atoms with Crippen LogP contribution in [0.25, 0.3) is 5.57 Å². The molecule has 9 nitrogen and oxygen atoms in total. The van der Waals surface area contributed by atoms with Crippen LogP contribution in [-0.2, 0) is 15.8 Å². The van der Waals surface area contributed by atoms with E-state index < -0.39 is 70.4 Å². The first-order chi connectivity index (χ1) is 19.3. The average molecular weight is 621 g/mol. The van der Waals surface area contributed by atoms with E-state index in [0.29, 0.717) is 0 Å². The Bertz CT molecular complexity index is 1430. The van der Waals surface area contributed by atoms with E-state index in [9.17, 15) is 27.1 Å². The van der Waals surface area contributed by atoms with Crippen molar-refractivity contribution in [2.24, 2.45) is 26.4 Å². The number of nitrogens with two attached hydrogens (primary N) is 2. The molecule has 2 heterocycles. The number of ether oxygens (including phenoxy) is 1. The van der Waals surface area contributed by atoms with Crippen molar-refractivity contribution in [3.05, 3.63) is 69.3 Å². The number of benzene rings is 2. The lowest BCUT2D eigenvalue weighted by Gasteiger charge is -2.38. The molecule has 4 rings (SSSR count). The van der Waals surface area contributed by atoms with Crippen molar-refractivity contribution in [1.29, 1.82) is 0 Å². The van der Waals surface area contributed by atoms with Crippen molar-refractivity contribution in [2.75, 3.05) is 6.54 Å². The van der Waals surface area contributed by atoms with Crippen LogP contribution in [0.1, 0.15) is 18.1 Å². The van der Waals surface area contributed by atoms with E-state index in [2.05, 4.69) is 20.5 Å². The predicted octanol–water partition coefficient (Wildman–Crippen LogP) is 4.17. The van der Waals surface area contributed by atoms with E-state index in [4.69, 9.17) is 44.2 Å². The summed E-state index contributed by atoms with van der Waals surface area (Å²) >= 11 is 11.6. The molecule has 0 bridgehead atoms. The van der Waals surface area contributed by atoms with Crippen molar-refractivity contribution >= 4 is 52.3 Å². The van der Waals surface area contributed by atoms with E-state index in [0.717, 1.165) is 36.7 Å². The van der Waals surface area contributed by atoms with E-state index >= 15 is 0 Å². The molecule has 0 aliphatic carbocycles. The molecule has 5 unspecified atom stereocenters. The molecule has 0 amide bonds. The van der Waals surface area contributed by atoms with Crippen LogP contribution in [0.5, 0.6) is 0 Å². The standard InChI is InChI=1S/C25H23Cl2F5N6O3/c1-10(34)37-24(38-16-6-12(26)2-4-14(16)25(30,31)32)23-21(39)20(22-17(40-23)9-36-41-22)35-8-11(7-33)13-3-5-15(27)19(29)18(13)28/h2-8,17,20-23,36,39H,9,33H2,1H3,(H2,34,37,38)/b11-7+,35-8?. The van der Waals surface area contributed by atoms with Crippen molar-refractivity contribution in [3.8, 4) is 0 Å². The number of allylic oxidation sites excluding steroid dienone is 1. The third kappa shape index (κ3) is 6.68. The lowest BCUT2D eigenvalue weighted by molar-refractivity contribution is -0.141. The summed E-state index contributed by atoms with van der Waals surface area (Å²) in [6.07, 6.45) is -7.47. The Morgan fingerprint density at radius 3 is 2.56 bits per heavy atom. The highest BCUT2D eigenvalue weighted by Gasteiger charge is 2.50. The number of amidine groups is 2. The zero-order valence-corrected chi connectivity index (χ0v) is 22.6. The van der Waals surface area contributed by atoms with Crippen LogP contribution in [0.2, 0.25) is 10.0 Å². The zero-order valence-electron chi connectivity index (χ0n) is 21.0. The van der Waals surface area contributed by atoms with Gasteiger partial charge in [0.15, 0.2) is 17.5 Å². The summed E-state index contributed by atoms with van der Waals surface area (Å²) in [4.78, 5) is 17.9. The van der Waals surface area contributed by atoms with Crippen molar-refractivity contribution in [1.82, 2.24) is 5.48 Å². The minimum atomic E-state index is -4.79. The van der Waals surface area contributed by atoms with Crippen LogP contribution in [0.3, 0.4) is 0 Å². The van der Waals surface area contributed by atoms with Gasteiger partial charge in [0, 0.05) is 28.6 Å². The Kier molecular flexibility index (Phi) is 9.31. The number of rotatable bonds is 5. The van der Waals surface area contributed by atoms with Gasteiger partial charge in [0.25, 0.3) is 0 Å². The Morgan fingerprint density at radius 2 is 1.90 bits per heavy atom. The highest BCUT2D eigenvalue weighted by Crippen LogP contribution is 2.39. The Morgan fingerprint density at radius 1 is 1.17 bits per heavy atom. The number of nitrogens with zero attached hydrogens (tertiary/aromatic N) is 3. The van der Waals surface area contributed by atoms with Gasteiger partial charge in [0.2, 0.25) is 0 Å². The second-order valence-corrected chi connectivity index (χ2v) is 9.86.